The van der Waals surface area contributed by atoms with Crippen LogP contribution in [0.25, 0.3) is 0 Å². The van der Waals surface area contributed by atoms with Crippen molar-refractivity contribution in [3.05, 3.63) is 83.0 Å². The molecule has 0 aromatic heterocycles. The molecule has 0 radical (unpaired) electrons. The lowest BCUT2D eigenvalue weighted by atomic mass is 9.85. The Morgan fingerprint density at radius 2 is 1.40 bits per heavy atom. The smallest absolute Gasteiger partial charge is 0.200 e. The van der Waals surface area contributed by atoms with Gasteiger partial charge in [0.05, 0.1) is 40.6 Å². The van der Waals surface area contributed by atoms with E-state index >= 15 is 0 Å². The predicted molar refractivity (Wildman–Crippen MR) is 227 cm³/mol. The van der Waals surface area contributed by atoms with E-state index in [-0.39, 0.29) is 11.5 Å². The zero-order valence-electron chi connectivity index (χ0n) is 36.0. The second kappa shape index (κ2) is 24.8. The molecule has 5 nitrogen and oxygen atoms in total. The average molecular weight is 739 g/mol. The zero-order valence-corrected chi connectivity index (χ0v) is 37.0. The molecule has 0 heterocycles. The zero-order chi connectivity index (χ0) is 39.3. The first-order valence-corrected chi connectivity index (χ1v) is 21.9. The Balaban J connectivity index is 2.75. The Morgan fingerprint density at radius 3 is 2.00 bits per heavy atom. The van der Waals surface area contributed by atoms with E-state index in [2.05, 4.69) is 120 Å². The molecule has 1 aromatic rings. The standard InChI is InChI=1S/C46H78O5Si/c1-35(2)19-18-21-39(9)22-23-41(11)26-29-46(12,13)28-17-16-20-40(10)27-30-50-43(34-51-52(36(3)4,37(5)6)38(7)8)33-49-32-42-24-25-44(47-14)45(31-42)48-15/h17,19,22,24-25,27-28,31,36-38,43H,11,16,18,20-21,23,26,29-30,32-34H2,1-10,12-15H3. The normalized spacial score (nSPS) is 13.8. The van der Waals surface area contributed by atoms with Gasteiger partial charge < -0.3 is 23.4 Å². The van der Waals surface area contributed by atoms with Gasteiger partial charge in [0.1, 0.15) is 6.10 Å². The Labute approximate surface area is 322 Å². The van der Waals surface area contributed by atoms with Crippen LogP contribution in [-0.4, -0.2) is 48.5 Å². The minimum Gasteiger partial charge on any atom is -0.493 e. The number of ether oxygens (including phenoxy) is 4. The lowest BCUT2D eigenvalue weighted by Crippen LogP contribution is -2.49. The fraction of sp³-hybridized carbons (Fsp3) is 0.652. The third kappa shape index (κ3) is 18.1. The Kier molecular flexibility index (Phi) is 22.8. The molecule has 0 saturated carbocycles. The molecule has 0 aliphatic rings. The molecule has 6 heteroatoms. The van der Waals surface area contributed by atoms with E-state index in [1.165, 1.54) is 22.3 Å². The molecule has 1 unspecified atom stereocenters. The lowest BCUT2D eigenvalue weighted by Gasteiger charge is -2.42. The van der Waals surface area contributed by atoms with Gasteiger partial charge in [-0.15, -0.1) is 0 Å². The van der Waals surface area contributed by atoms with Gasteiger partial charge in [-0.05, 0) is 112 Å². The predicted octanol–water partition coefficient (Wildman–Crippen LogP) is 13.5. The summed E-state index contributed by atoms with van der Waals surface area (Å²) in [5.74, 6) is 1.41. The molecular weight excluding hydrogens is 661 g/mol. The Hall–Kier alpha value is -2.38. The van der Waals surface area contributed by atoms with Gasteiger partial charge in [-0.1, -0.05) is 121 Å². The first kappa shape index (κ1) is 47.6. The van der Waals surface area contributed by atoms with Crippen LogP contribution in [0.1, 0.15) is 134 Å². The van der Waals surface area contributed by atoms with Crippen molar-refractivity contribution in [1.29, 1.82) is 0 Å². The Bertz CT molecular complexity index is 1270. The molecule has 0 aliphatic heterocycles. The number of allylic oxidation sites excluding steroid dienone is 8. The van der Waals surface area contributed by atoms with E-state index in [1.54, 1.807) is 14.2 Å². The molecule has 1 atom stereocenters. The summed E-state index contributed by atoms with van der Waals surface area (Å²) in [4.78, 5) is 0. The molecular formula is C46H78O5Si. The number of benzene rings is 1. The third-order valence-electron chi connectivity index (χ3n) is 10.2. The quantitative estimate of drug-likeness (QED) is 0.0664. The minimum atomic E-state index is -2.04. The highest BCUT2D eigenvalue weighted by Gasteiger charge is 2.45. The SMILES string of the molecule is C=C(CC=C(C)CCC=C(C)C)CCC(C)(C)C=CCCC(C)=CCOC(COCc1ccc(OC)c(OC)c1)CO[Si](C(C)C)(C(C)C)C(C)C. The fourth-order valence-corrected chi connectivity index (χ4v) is 12.5. The summed E-state index contributed by atoms with van der Waals surface area (Å²) < 4.78 is 30.5. The second-order valence-electron chi connectivity index (χ2n) is 16.6. The summed E-state index contributed by atoms with van der Waals surface area (Å²) in [6, 6.07) is 5.89. The molecule has 0 saturated heterocycles. The van der Waals surface area contributed by atoms with Crippen LogP contribution in [-0.2, 0) is 20.5 Å². The molecule has 0 amide bonds. The van der Waals surface area contributed by atoms with Gasteiger partial charge in [0.15, 0.2) is 19.8 Å². The lowest BCUT2D eigenvalue weighted by molar-refractivity contribution is -0.0352. The summed E-state index contributed by atoms with van der Waals surface area (Å²) >= 11 is 0. The maximum atomic E-state index is 6.95. The molecule has 0 N–H and O–H groups in total. The summed E-state index contributed by atoms with van der Waals surface area (Å²) in [7, 11) is 1.26. The van der Waals surface area contributed by atoms with Gasteiger partial charge in [-0.25, -0.2) is 0 Å². The number of rotatable bonds is 27. The van der Waals surface area contributed by atoms with Crippen molar-refractivity contribution in [2.75, 3.05) is 34.0 Å². The van der Waals surface area contributed by atoms with Crippen LogP contribution >= 0.6 is 0 Å². The average Bonchev–Trinajstić information content (AvgIpc) is 3.07. The fourth-order valence-electron chi connectivity index (χ4n) is 7.00. The summed E-state index contributed by atoms with van der Waals surface area (Å²) in [6.07, 6.45) is 18.9. The molecule has 0 fully saturated rings. The summed E-state index contributed by atoms with van der Waals surface area (Å²) in [5, 5.41) is 0. The molecule has 1 aromatic carbocycles. The topological polar surface area (TPSA) is 46.2 Å². The monoisotopic (exact) mass is 739 g/mol. The third-order valence-corrected chi connectivity index (χ3v) is 16.3. The molecule has 0 aliphatic carbocycles. The van der Waals surface area contributed by atoms with Crippen LogP contribution in [0.15, 0.2) is 77.5 Å². The summed E-state index contributed by atoms with van der Waals surface area (Å²) in [5.41, 5.74) is 8.21. The first-order valence-electron chi connectivity index (χ1n) is 19.8. The van der Waals surface area contributed by atoms with Crippen LogP contribution in [0.4, 0.5) is 0 Å². The first-order chi connectivity index (χ1) is 24.5. The van der Waals surface area contributed by atoms with Crippen molar-refractivity contribution < 1.29 is 23.4 Å². The largest absolute Gasteiger partial charge is 0.493 e. The maximum absolute atomic E-state index is 6.95. The van der Waals surface area contributed by atoms with Crippen molar-refractivity contribution >= 4 is 8.32 Å². The van der Waals surface area contributed by atoms with Crippen LogP contribution in [0.2, 0.25) is 16.6 Å². The van der Waals surface area contributed by atoms with E-state index < -0.39 is 8.32 Å². The van der Waals surface area contributed by atoms with Gasteiger partial charge in [-0.2, -0.15) is 0 Å². The molecule has 296 valence electrons. The Morgan fingerprint density at radius 1 is 0.788 bits per heavy atom. The van der Waals surface area contributed by atoms with E-state index in [0.717, 1.165) is 50.5 Å². The highest BCUT2D eigenvalue weighted by molar-refractivity contribution is 6.77. The van der Waals surface area contributed by atoms with Crippen LogP contribution < -0.4 is 9.47 Å². The molecule has 1 rings (SSSR count). The highest BCUT2D eigenvalue weighted by atomic mass is 28.4. The van der Waals surface area contributed by atoms with Gasteiger partial charge >= 0.3 is 0 Å². The number of hydrogen-bond donors (Lipinski definition) is 0. The second-order valence-corrected chi connectivity index (χ2v) is 22.1. The van der Waals surface area contributed by atoms with E-state index in [0.29, 0.717) is 54.6 Å². The van der Waals surface area contributed by atoms with Crippen molar-refractivity contribution in [3.8, 4) is 11.5 Å². The number of methoxy groups -OCH3 is 2. The molecule has 0 bridgehead atoms. The van der Waals surface area contributed by atoms with Crippen molar-refractivity contribution in [3.63, 3.8) is 0 Å². The number of hydrogen-bond acceptors (Lipinski definition) is 5. The summed E-state index contributed by atoms with van der Waals surface area (Å²) in [6.45, 7) is 33.7. The van der Waals surface area contributed by atoms with Gasteiger partial charge in [0, 0.05) is 0 Å². The van der Waals surface area contributed by atoms with Crippen molar-refractivity contribution in [1.82, 2.24) is 0 Å². The molecule has 0 spiro atoms. The van der Waals surface area contributed by atoms with Crippen LogP contribution in [0, 0.1) is 5.41 Å². The highest BCUT2D eigenvalue weighted by Crippen LogP contribution is 2.42. The van der Waals surface area contributed by atoms with Crippen molar-refractivity contribution in [2.24, 2.45) is 5.41 Å². The van der Waals surface area contributed by atoms with E-state index in [9.17, 15) is 0 Å². The van der Waals surface area contributed by atoms with Gasteiger partial charge in [-0.3, -0.25) is 0 Å². The van der Waals surface area contributed by atoms with Crippen molar-refractivity contribution in [2.45, 2.75) is 157 Å². The van der Waals surface area contributed by atoms with Crippen LogP contribution in [0.5, 0.6) is 11.5 Å². The van der Waals surface area contributed by atoms with Gasteiger partial charge in [0.2, 0.25) is 0 Å². The van der Waals surface area contributed by atoms with E-state index in [1.807, 2.05) is 18.2 Å². The molecule has 52 heavy (non-hydrogen) atoms. The van der Waals surface area contributed by atoms with E-state index in [4.69, 9.17) is 23.4 Å². The minimum absolute atomic E-state index is 0.149. The maximum Gasteiger partial charge on any atom is 0.200 e. The van der Waals surface area contributed by atoms with Gasteiger partial charge in [0.25, 0.3) is 0 Å². The van der Waals surface area contributed by atoms with Crippen LogP contribution in [0.3, 0.4) is 0 Å².